The third-order valence-corrected chi connectivity index (χ3v) is 10.3. The predicted octanol–water partition coefficient (Wildman–Crippen LogP) is 12.9. The van der Waals surface area contributed by atoms with Gasteiger partial charge in [0, 0.05) is 27.3 Å². The second-order valence-corrected chi connectivity index (χ2v) is 13.8. The number of nitrogens with zero attached hydrogens (tertiary/aromatic N) is 9. The Morgan fingerprint density at radius 3 is 1.50 bits per heavy atom. The van der Waals surface area contributed by atoms with Crippen molar-refractivity contribution in [1.82, 2.24) is 15.0 Å². The molecule has 2 aromatic heterocycles. The first-order chi connectivity index (χ1) is 29.4. The Hall–Kier alpha value is -9.51. The highest BCUT2D eigenvalue weighted by molar-refractivity contribution is 6.25. The van der Waals surface area contributed by atoms with Crippen LogP contribution in [-0.4, -0.2) is 15.0 Å². The van der Waals surface area contributed by atoms with Gasteiger partial charge in [-0.3, -0.25) is 0 Å². The highest BCUT2D eigenvalue weighted by Gasteiger charge is 2.23. The van der Waals surface area contributed by atoms with Crippen molar-refractivity contribution in [2.75, 3.05) is 0 Å². The third-order valence-electron chi connectivity index (χ3n) is 10.3. The molecule has 0 radical (unpaired) electrons. The fraction of sp³-hybridized carbons (Fsp3) is 0. The molecule has 9 aromatic rings. The number of hydrogen-bond donors (Lipinski definition) is 0. The summed E-state index contributed by atoms with van der Waals surface area (Å²) in [5.41, 5.74) is 11.1. The molecule has 0 atom stereocenters. The molecule has 0 spiro atoms. The second-order valence-electron chi connectivity index (χ2n) is 13.8. The summed E-state index contributed by atoms with van der Waals surface area (Å²) in [4.78, 5) is 26.8. The molecule has 0 aliphatic heterocycles. The van der Waals surface area contributed by atoms with Crippen LogP contribution in [0.4, 0.5) is 17.1 Å². The lowest BCUT2D eigenvalue weighted by molar-refractivity contribution is 1.30. The van der Waals surface area contributed by atoms with Crippen molar-refractivity contribution in [3.63, 3.8) is 0 Å². The number of para-hydroxylation sites is 1. The van der Waals surface area contributed by atoms with Crippen LogP contribution in [-0.2, 0) is 0 Å². The Labute approximate surface area is 344 Å². The Morgan fingerprint density at radius 1 is 0.400 bits per heavy atom. The van der Waals surface area contributed by atoms with Crippen LogP contribution < -0.4 is 0 Å². The molecule has 0 aliphatic rings. The number of hydrogen-bond acceptors (Lipinski definition) is 6. The number of nitriles is 3. The Bertz CT molecular complexity index is 3460. The van der Waals surface area contributed by atoms with Crippen LogP contribution in [0.1, 0.15) is 16.7 Å². The minimum atomic E-state index is 0.332. The van der Waals surface area contributed by atoms with Gasteiger partial charge in [-0.05, 0) is 81.9 Å². The normalized spacial score (nSPS) is 10.6. The summed E-state index contributed by atoms with van der Waals surface area (Å²) < 4.78 is 0. The van der Waals surface area contributed by atoms with Crippen molar-refractivity contribution < 1.29 is 0 Å². The molecule has 0 saturated carbocycles. The van der Waals surface area contributed by atoms with Gasteiger partial charge in [0.25, 0.3) is 0 Å². The molecule has 0 bridgehead atoms. The molecule has 7 aromatic carbocycles. The minimum Gasteiger partial charge on any atom is -0.247 e. The van der Waals surface area contributed by atoms with E-state index in [-0.39, 0.29) is 0 Å². The second kappa shape index (κ2) is 14.9. The first-order valence-electron chi connectivity index (χ1n) is 18.4. The fourth-order valence-electron chi connectivity index (χ4n) is 7.53. The zero-order chi connectivity index (χ0) is 41.3. The van der Waals surface area contributed by atoms with Crippen LogP contribution >= 0.6 is 0 Å². The molecule has 272 valence electrons. The van der Waals surface area contributed by atoms with Crippen LogP contribution in [0.25, 0.3) is 103 Å². The molecule has 0 N–H and O–H groups in total. The van der Waals surface area contributed by atoms with Crippen LogP contribution in [0.15, 0.2) is 140 Å². The first kappa shape index (κ1) is 36.1. The lowest BCUT2D eigenvalue weighted by Gasteiger charge is -2.18. The monoisotopic (exact) mass is 761 g/mol. The van der Waals surface area contributed by atoms with E-state index >= 15 is 0 Å². The van der Waals surface area contributed by atoms with Crippen molar-refractivity contribution in [2.45, 2.75) is 0 Å². The first-order valence-corrected chi connectivity index (χ1v) is 18.4. The van der Waals surface area contributed by atoms with Gasteiger partial charge in [-0.15, -0.1) is 0 Å². The van der Waals surface area contributed by atoms with E-state index in [9.17, 15) is 15.8 Å². The van der Waals surface area contributed by atoms with Gasteiger partial charge in [0.1, 0.15) is 0 Å². The van der Waals surface area contributed by atoms with Crippen molar-refractivity contribution in [1.29, 1.82) is 15.8 Å². The molecular formula is C51H23N9. The minimum absolute atomic E-state index is 0.332. The van der Waals surface area contributed by atoms with Crippen molar-refractivity contribution in [3.8, 4) is 74.2 Å². The third kappa shape index (κ3) is 6.33. The maximum Gasteiger partial charge on any atom is 0.189 e. The van der Waals surface area contributed by atoms with E-state index in [1.165, 1.54) is 0 Å². The Balaban J connectivity index is 1.42. The van der Waals surface area contributed by atoms with Crippen molar-refractivity contribution in [2.24, 2.45) is 0 Å². The predicted molar refractivity (Wildman–Crippen MR) is 232 cm³/mol. The average molecular weight is 762 g/mol. The summed E-state index contributed by atoms with van der Waals surface area (Å²) in [6, 6.07) is 48.6. The van der Waals surface area contributed by atoms with Crippen molar-refractivity contribution >= 4 is 49.8 Å². The molecule has 60 heavy (non-hydrogen) atoms. The number of fused-ring (bicyclic) bond motifs is 5. The molecule has 9 nitrogen and oxygen atoms in total. The van der Waals surface area contributed by atoms with Crippen LogP contribution in [0.3, 0.4) is 0 Å². The SMILES string of the molecule is [C-]#[N+]c1ccc(-c2nc3cc(-c4cc(C#N)cc(C#N)c4)c4c5ccccc5nc(-c5ccc(-c6cc(C#N)cc([N+]#[C-])c6)cc5)c4c3nc2-c2ccc([N+]#[C-])cc2)cc1. The summed E-state index contributed by atoms with van der Waals surface area (Å²) in [6.07, 6.45) is 0. The standard InChI is InChI=1S/C51H23N9/c1-55-39-16-12-35(13-17-39)49-50(36-14-18-40(56-2)19-15-36)60-51-45(59-49)26-43(38-22-30(27-52)20-31(23-38)28-53)46-42-6-4-5-7-44(42)58-48(47(46)51)34-10-8-33(9-11-34)37-21-32(29-54)24-41(25-37)57-3/h4-26H. The largest absolute Gasteiger partial charge is 0.247 e. The molecule has 2 heterocycles. The van der Waals surface area contributed by atoms with Gasteiger partial charge in [-0.2, -0.15) is 15.8 Å². The summed E-state index contributed by atoms with van der Waals surface area (Å²) in [5.74, 6) is 0. The lowest BCUT2D eigenvalue weighted by Crippen LogP contribution is -2.00. The maximum absolute atomic E-state index is 10.1. The van der Waals surface area contributed by atoms with Gasteiger partial charge in [0.15, 0.2) is 17.1 Å². The highest BCUT2D eigenvalue weighted by atomic mass is 14.8. The van der Waals surface area contributed by atoms with Crippen molar-refractivity contribution in [3.05, 3.63) is 190 Å². The van der Waals surface area contributed by atoms with E-state index in [0.717, 1.165) is 44.2 Å². The Morgan fingerprint density at radius 2 is 0.900 bits per heavy atom. The summed E-state index contributed by atoms with van der Waals surface area (Å²) in [7, 11) is 0. The molecular weight excluding hydrogens is 739 g/mol. The maximum atomic E-state index is 10.1. The van der Waals surface area contributed by atoms with Crippen LogP contribution in [0.5, 0.6) is 0 Å². The van der Waals surface area contributed by atoms with Gasteiger partial charge in [-0.25, -0.2) is 29.5 Å². The quantitative estimate of drug-likeness (QED) is 0.127. The molecule has 0 saturated heterocycles. The number of aromatic nitrogens is 3. The summed E-state index contributed by atoms with van der Waals surface area (Å²) in [5, 5.41) is 32.1. The van der Waals surface area contributed by atoms with Crippen LogP contribution in [0, 0.1) is 53.7 Å². The van der Waals surface area contributed by atoms with Gasteiger partial charge in [-0.1, -0.05) is 91.0 Å². The van der Waals surface area contributed by atoms with E-state index in [1.807, 2.05) is 78.9 Å². The number of benzene rings is 7. The van der Waals surface area contributed by atoms with Gasteiger partial charge >= 0.3 is 0 Å². The molecule has 0 unspecified atom stereocenters. The zero-order valence-corrected chi connectivity index (χ0v) is 31.3. The molecule has 9 rings (SSSR count). The van der Waals surface area contributed by atoms with E-state index in [2.05, 4.69) is 32.7 Å². The van der Waals surface area contributed by atoms with Gasteiger partial charge < -0.3 is 0 Å². The highest BCUT2D eigenvalue weighted by Crippen LogP contribution is 2.44. The zero-order valence-electron chi connectivity index (χ0n) is 31.3. The van der Waals surface area contributed by atoms with Crippen LogP contribution in [0.2, 0.25) is 0 Å². The molecule has 0 aliphatic carbocycles. The van der Waals surface area contributed by atoms with E-state index < -0.39 is 0 Å². The Kier molecular flexibility index (Phi) is 8.95. The molecule has 0 amide bonds. The smallest absolute Gasteiger partial charge is 0.189 e. The van der Waals surface area contributed by atoms with Gasteiger partial charge in [0.05, 0.1) is 82.7 Å². The topological polar surface area (TPSA) is 123 Å². The van der Waals surface area contributed by atoms with E-state index in [4.69, 9.17) is 34.7 Å². The average Bonchev–Trinajstić information content (AvgIpc) is 3.32. The summed E-state index contributed by atoms with van der Waals surface area (Å²) >= 11 is 0. The number of pyridine rings is 1. The molecule has 0 fully saturated rings. The molecule has 9 heteroatoms. The lowest BCUT2D eigenvalue weighted by atomic mass is 9.90. The van der Waals surface area contributed by atoms with Gasteiger partial charge in [0.2, 0.25) is 0 Å². The fourth-order valence-corrected chi connectivity index (χ4v) is 7.53. The van der Waals surface area contributed by atoms with E-state index in [0.29, 0.717) is 78.3 Å². The number of rotatable bonds is 5. The van der Waals surface area contributed by atoms with E-state index in [1.54, 1.807) is 60.7 Å². The summed E-state index contributed by atoms with van der Waals surface area (Å²) in [6.45, 7) is 22.6.